The van der Waals surface area contributed by atoms with Crippen molar-refractivity contribution < 1.29 is 9.59 Å². The molecule has 0 radical (unpaired) electrons. The number of carbonyl (C=O) groups is 2. The molecular formula is C18H31N5O2. The van der Waals surface area contributed by atoms with Crippen LogP contribution in [0.25, 0.3) is 0 Å². The van der Waals surface area contributed by atoms with E-state index in [1.165, 1.54) is 0 Å². The molecule has 0 spiro atoms. The number of hydrogen-bond donors (Lipinski definition) is 2. The minimum atomic E-state index is -0.418. The van der Waals surface area contributed by atoms with Crippen molar-refractivity contribution >= 4 is 11.8 Å². The van der Waals surface area contributed by atoms with Gasteiger partial charge < -0.3 is 20.1 Å². The number of rotatable bonds is 5. The second-order valence-corrected chi connectivity index (χ2v) is 7.84. The highest BCUT2D eigenvalue weighted by Crippen LogP contribution is 2.15. The molecule has 7 nitrogen and oxygen atoms in total. The Morgan fingerprint density at radius 3 is 2.56 bits per heavy atom. The summed E-state index contributed by atoms with van der Waals surface area (Å²) >= 11 is 0. The van der Waals surface area contributed by atoms with Gasteiger partial charge in [-0.15, -0.1) is 0 Å². The van der Waals surface area contributed by atoms with Crippen LogP contribution in [0.1, 0.15) is 39.2 Å². The highest BCUT2D eigenvalue weighted by molar-refractivity contribution is 5.81. The van der Waals surface area contributed by atoms with Crippen molar-refractivity contribution in [3.63, 3.8) is 0 Å². The molecule has 1 aliphatic heterocycles. The van der Waals surface area contributed by atoms with Gasteiger partial charge in [0, 0.05) is 62.9 Å². The predicted molar refractivity (Wildman–Crippen MR) is 96.8 cm³/mol. The van der Waals surface area contributed by atoms with Gasteiger partial charge in [-0.2, -0.15) is 0 Å². The first-order valence-electron chi connectivity index (χ1n) is 8.97. The summed E-state index contributed by atoms with van der Waals surface area (Å²) in [6.45, 7) is 11.3. The molecule has 1 atom stereocenters. The van der Waals surface area contributed by atoms with Crippen molar-refractivity contribution in [3.8, 4) is 0 Å². The van der Waals surface area contributed by atoms with Crippen molar-refractivity contribution in [2.45, 2.75) is 40.7 Å². The highest BCUT2D eigenvalue weighted by Gasteiger charge is 2.24. The summed E-state index contributed by atoms with van der Waals surface area (Å²) < 4.78 is 1.98. The van der Waals surface area contributed by atoms with Gasteiger partial charge in [0.1, 0.15) is 5.82 Å². The average Bonchev–Trinajstić information content (AvgIpc) is 2.92. The molecule has 1 aromatic rings. The van der Waals surface area contributed by atoms with Crippen LogP contribution in [0.15, 0.2) is 6.20 Å². The smallest absolute Gasteiger partial charge is 0.225 e. The van der Waals surface area contributed by atoms with Crippen LogP contribution in [0, 0.1) is 11.3 Å². The van der Waals surface area contributed by atoms with Gasteiger partial charge in [0.15, 0.2) is 0 Å². The Morgan fingerprint density at radius 1 is 1.32 bits per heavy atom. The molecule has 140 valence electrons. The lowest BCUT2D eigenvalue weighted by Gasteiger charge is -2.29. The van der Waals surface area contributed by atoms with Crippen LogP contribution in [0.3, 0.4) is 0 Å². The zero-order valence-corrected chi connectivity index (χ0v) is 16.1. The van der Waals surface area contributed by atoms with Crippen molar-refractivity contribution in [2.75, 3.05) is 26.2 Å². The third-order valence-corrected chi connectivity index (χ3v) is 4.63. The maximum Gasteiger partial charge on any atom is 0.225 e. The molecule has 0 aliphatic carbocycles. The third kappa shape index (κ3) is 5.04. The fourth-order valence-corrected chi connectivity index (χ4v) is 2.86. The topological polar surface area (TPSA) is 79.3 Å². The Bertz CT molecular complexity index is 611. The van der Waals surface area contributed by atoms with Crippen LogP contribution < -0.4 is 10.6 Å². The van der Waals surface area contributed by atoms with Gasteiger partial charge in [0.2, 0.25) is 11.8 Å². The normalized spacial score (nSPS) is 16.6. The van der Waals surface area contributed by atoms with E-state index in [-0.39, 0.29) is 17.7 Å². The quantitative estimate of drug-likeness (QED) is 0.820. The van der Waals surface area contributed by atoms with Gasteiger partial charge in [-0.05, 0) is 0 Å². The van der Waals surface area contributed by atoms with E-state index in [0.29, 0.717) is 13.0 Å². The fourth-order valence-electron chi connectivity index (χ4n) is 2.86. The molecule has 7 heteroatoms. The Balaban J connectivity index is 1.93. The maximum absolute atomic E-state index is 12.6. The van der Waals surface area contributed by atoms with E-state index in [1.807, 2.05) is 44.2 Å². The molecule has 1 aliphatic rings. The molecule has 0 aromatic carbocycles. The molecular weight excluding hydrogens is 318 g/mol. The number of hydrogen-bond acceptors (Lipinski definition) is 4. The third-order valence-electron chi connectivity index (χ3n) is 4.63. The van der Waals surface area contributed by atoms with E-state index in [0.717, 1.165) is 37.7 Å². The lowest BCUT2D eigenvalue weighted by atomic mass is 9.96. The summed E-state index contributed by atoms with van der Waals surface area (Å²) in [6, 6.07) is 0. The number of nitrogens with zero attached hydrogens (tertiary/aromatic N) is 3. The minimum Gasteiger partial charge on any atom is -0.348 e. The summed E-state index contributed by atoms with van der Waals surface area (Å²) in [6.07, 6.45) is 2.46. The van der Waals surface area contributed by atoms with E-state index in [9.17, 15) is 9.59 Å². The molecule has 1 unspecified atom stereocenters. The Morgan fingerprint density at radius 2 is 1.96 bits per heavy atom. The summed E-state index contributed by atoms with van der Waals surface area (Å²) in [5.74, 6) is 0.921. The van der Waals surface area contributed by atoms with Gasteiger partial charge in [-0.1, -0.05) is 27.7 Å². The Kier molecular flexibility index (Phi) is 6.21. The fraction of sp³-hybridized carbons (Fsp3) is 0.722. The van der Waals surface area contributed by atoms with Gasteiger partial charge in [0.25, 0.3) is 0 Å². The molecule has 1 saturated heterocycles. The number of nitrogens with one attached hydrogen (secondary N) is 2. The van der Waals surface area contributed by atoms with Crippen LogP contribution in [0.5, 0.6) is 0 Å². The molecule has 1 fully saturated rings. The molecule has 2 N–H and O–H groups in total. The largest absolute Gasteiger partial charge is 0.348 e. The molecule has 1 aromatic heterocycles. The van der Waals surface area contributed by atoms with Crippen LogP contribution >= 0.6 is 0 Å². The lowest BCUT2D eigenvalue weighted by molar-refractivity contribution is -0.135. The molecule has 25 heavy (non-hydrogen) atoms. The number of amides is 2. The highest BCUT2D eigenvalue weighted by atomic mass is 16.2. The van der Waals surface area contributed by atoms with E-state index in [2.05, 4.69) is 15.6 Å². The molecule has 0 bridgehead atoms. The van der Waals surface area contributed by atoms with Crippen LogP contribution in [-0.4, -0.2) is 52.4 Å². The van der Waals surface area contributed by atoms with E-state index in [4.69, 9.17) is 0 Å². The van der Waals surface area contributed by atoms with E-state index < -0.39 is 5.41 Å². The monoisotopic (exact) mass is 349 g/mol. The SMILES string of the molecule is CC(Cc1cnc(CNC(=O)C(C)(C)C)n1C)C(=O)N1CCNCC1. The Hall–Kier alpha value is -1.89. The molecule has 2 amide bonds. The van der Waals surface area contributed by atoms with Gasteiger partial charge in [0.05, 0.1) is 6.54 Å². The van der Waals surface area contributed by atoms with Crippen molar-refractivity contribution in [3.05, 3.63) is 17.7 Å². The standard InChI is InChI=1S/C18H31N5O2/c1-13(16(24)23-8-6-19-7-9-23)10-14-11-20-15(22(14)5)12-21-17(25)18(2,3)4/h11,13,19H,6-10,12H2,1-5H3,(H,21,25). The number of imidazole rings is 1. The Labute approximate surface area is 150 Å². The van der Waals surface area contributed by atoms with E-state index in [1.54, 1.807) is 6.20 Å². The van der Waals surface area contributed by atoms with Crippen LogP contribution in [-0.2, 0) is 29.6 Å². The number of aromatic nitrogens is 2. The first-order valence-corrected chi connectivity index (χ1v) is 8.97. The molecule has 2 rings (SSSR count). The van der Waals surface area contributed by atoms with Gasteiger partial charge in [-0.25, -0.2) is 4.98 Å². The summed E-state index contributed by atoms with van der Waals surface area (Å²) in [7, 11) is 1.93. The lowest BCUT2D eigenvalue weighted by Crippen LogP contribution is -2.48. The van der Waals surface area contributed by atoms with Crippen molar-refractivity contribution in [2.24, 2.45) is 18.4 Å². The van der Waals surface area contributed by atoms with Gasteiger partial charge >= 0.3 is 0 Å². The average molecular weight is 349 g/mol. The molecule has 2 heterocycles. The van der Waals surface area contributed by atoms with Crippen LogP contribution in [0.4, 0.5) is 0 Å². The van der Waals surface area contributed by atoms with E-state index >= 15 is 0 Å². The van der Waals surface area contributed by atoms with Gasteiger partial charge in [-0.3, -0.25) is 9.59 Å². The van der Waals surface area contributed by atoms with Crippen molar-refractivity contribution in [1.82, 2.24) is 25.1 Å². The summed E-state index contributed by atoms with van der Waals surface area (Å²) in [5.41, 5.74) is 0.592. The second kappa shape index (κ2) is 7.99. The van der Waals surface area contributed by atoms with Crippen molar-refractivity contribution in [1.29, 1.82) is 0 Å². The van der Waals surface area contributed by atoms with Crippen LogP contribution in [0.2, 0.25) is 0 Å². The molecule has 0 saturated carbocycles. The summed E-state index contributed by atoms with van der Waals surface area (Å²) in [4.78, 5) is 30.9. The minimum absolute atomic E-state index is 0.000645. The zero-order chi connectivity index (χ0) is 18.6. The second-order valence-electron chi connectivity index (χ2n) is 7.84. The zero-order valence-electron chi connectivity index (χ0n) is 16.1. The summed E-state index contributed by atoms with van der Waals surface area (Å²) in [5, 5.41) is 6.18. The first kappa shape index (κ1) is 19.4. The number of piperazine rings is 1. The predicted octanol–water partition coefficient (Wildman–Crippen LogP) is 0.693. The first-order chi connectivity index (χ1) is 11.7. The maximum atomic E-state index is 12.6. The number of carbonyl (C=O) groups excluding carboxylic acids is 2.